The number of halogens is 1. The molecule has 0 radical (unpaired) electrons. The van der Waals surface area contributed by atoms with Gasteiger partial charge in [-0.3, -0.25) is 4.68 Å². The van der Waals surface area contributed by atoms with E-state index in [2.05, 4.69) is 66.6 Å². The summed E-state index contributed by atoms with van der Waals surface area (Å²) in [7, 11) is 1.96. The Balaban J connectivity index is 0.00000364. The van der Waals surface area contributed by atoms with Crippen LogP contribution in [0, 0.1) is 27.7 Å². The van der Waals surface area contributed by atoms with Crippen LogP contribution in [-0.4, -0.2) is 35.4 Å². The highest BCUT2D eigenvalue weighted by Gasteiger charge is 2.09. The van der Waals surface area contributed by atoms with Gasteiger partial charge in [0.2, 0.25) is 0 Å². The van der Waals surface area contributed by atoms with Crippen LogP contribution in [-0.2, 0) is 13.6 Å². The summed E-state index contributed by atoms with van der Waals surface area (Å²) in [5.41, 5.74) is 5.79. The van der Waals surface area contributed by atoms with Gasteiger partial charge in [-0.05, 0) is 57.9 Å². The predicted molar refractivity (Wildman–Crippen MR) is 122 cm³/mol. The molecule has 0 saturated heterocycles. The topological polar surface area (TPSA) is 63.5 Å². The lowest BCUT2D eigenvalue weighted by Gasteiger charge is -2.13. The maximum absolute atomic E-state index is 5.84. The Morgan fingerprint density at radius 1 is 1.11 bits per heavy atom. The van der Waals surface area contributed by atoms with Gasteiger partial charge in [0, 0.05) is 24.8 Å². The van der Waals surface area contributed by atoms with Crippen molar-refractivity contribution in [1.29, 1.82) is 0 Å². The monoisotopic (exact) mass is 485 g/mol. The molecular formula is C20H32IN5O. The number of aromatic nitrogens is 2. The zero-order chi connectivity index (χ0) is 19.1. The Bertz CT molecular complexity index is 750. The van der Waals surface area contributed by atoms with Gasteiger partial charge in [-0.25, -0.2) is 4.99 Å². The fraction of sp³-hybridized carbons (Fsp3) is 0.500. The van der Waals surface area contributed by atoms with Gasteiger partial charge in [0.05, 0.1) is 18.8 Å². The molecule has 0 unspecified atom stereocenters. The highest BCUT2D eigenvalue weighted by Crippen LogP contribution is 2.16. The molecule has 6 nitrogen and oxygen atoms in total. The Hall–Kier alpha value is -1.77. The molecule has 0 spiro atoms. The first-order valence-electron chi connectivity index (χ1n) is 9.13. The molecule has 0 aliphatic heterocycles. The van der Waals surface area contributed by atoms with Crippen molar-refractivity contribution in [3.05, 3.63) is 46.3 Å². The molecule has 27 heavy (non-hydrogen) atoms. The van der Waals surface area contributed by atoms with E-state index >= 15 is 0 Å². The van der Waals surface area contributed by atoms with Crippen molar-refractivity contribution in [3.8, 4) is 5.75 Å². The van der Waals surface area contributed by atoms with Crippen molar-refractivity contribution >= 4 is 29.9 Å². The quantitative estimate of drug-likeness (QED) is 0.273. The minimum absolute atomic E-state index is 0. The summed E-state index contributed by atoms with van der Waals surface area (Å²) < 4.78 is 7.74. The highest BCUT2D eigenvalue weighted by atomic mass is 127. The Morgan fingerprint density at radius 2 is 1.78 bits per heavy atom. The summed E-state index contributed by atoms with van der Waals surface area (Å²) in [4.78, 5) is 4.68. The van der Waals surface area contributed by atoms with E-state index in [9.17, 15) is 0 Å². The molecule has 0 saturated carbocycles. The van der Waals surface area contributed by atoms with Crippen molar-refractivity contribution in [2.24, 2.45) is 12.0 Å². The standard InChI is InChI=1S/C20H31N5O.HI/c1-7-21-20(23-13-19-16(4)24-25(6)17(19)5)22-8-9-26-18-11-14(2)10-15(3)12-18;/h10-12H,7-9,13H2,1-6H3,(H2,21,22,23);1H. The molecule has 0 fully saturated rings. The number of hydrogen-bond donors (Lipinski definition) is 2. The third kappa shape index (κ3) is 7.04. The van der Waals surface area contributed by atoms with E-state index in [0.717, 1.165) is 29.6 Å². The maximum atomic E-state index is 5.84. The zero-order valence-corrected chi connectivity index (χ0v) is 19.5. The molecule has 1 heterocycles. The Labute approximate surface area is 179 Å². The second-order valence-corrected chi connectivity index (χ2v) is 6.57. The van der Waals surface area contributed by atoms with Gasteiger partial charge in [-0.15, -0.1) is 24.0 Å². The number of aryl methyl sites for hydroxylation is 4. The SMILES string of the molecule is CCNC(=NCc1c(C)nn(C)c1C)NCCOc1cc(C)cc(C)c1.I. The van der Waals surface area contributed by atoms with Crippen molar-refractivity contribution in [2.45, 2.75) is 41.2 Å². The smallest absolute Gasteiger partial charge is 0.191 e. The first-order valence-corrected chi connectivity index (χ1v) is 9.13. The molecule has 0 aliphatic carbocycles. The molecular weight excluding hydrogens is 453 g/mol. The largest absolute Gasteiger partial charge is 0.492 e. The molecule has 0 atom stereocenters. The average molecular weight is 485 g/mol. The van der Waals surface area contributed by atoms with Crippen LogP contribution in [0.1, 0.15) is 35.0 Å². The molecule has 0 bridgehead atoms. The normalized spacial score (nSPS) is 11.1. The number of ether oxygens (including phenoxy) is 1. The van der Waals surface area contributed by atoms with E-state index in [4.69, 9.17) is 4.74 Å². The van der Waals surface area contributed by atoms with Crippen molar-refractivity contribution in [3.63, 3.8) is 0 Å². The van der Waals surface area contributed by atoms with E-state index in [1.807, 2.05) is 18.7 Å². The maximum Gasteiger partial charge on any atom is 0.191 e. The number of aliphatic imine (C=N–C) groups is 1. The predicted octanol–water partition coefficient (Wildman–Crippen LogP) is 3.41. The van der Waals surface area contributed by atoms with Gasteiger partial charge in [0.15, 0.2) is 5.96 Å². The minimum atomic E-state index is 0. The van der Waals surface area contributed by atoms with Gasteiger partial charge in [-0.1, -0.05) is 6.07 Å². The second kappa shape index (κ2) is 11.2. The van der Waals surface area contributed by atoms with Gasteiger partial charge in [0.1, 0.15) is 12.4 Å². The number of benzene rings is 1. The van der Waals surface area contributed by atoms with Crippen molar-refractivity contribution < 1.29 is 4.74 Å². The van der Waals surface area contributed by atoms with Crippen molar-refractivity contribution in [1.82, 2.24) is 20.4 Å². The number of nitrogens with one attached hydrogen (secondary N) is 2. The summed E-state index contributed by atoms with van der Waals surface area (Å²) in [5, 5.41) is 11.0. The van der Waals surface area contributed by atoms with E-state index < -0.39 is 0 Å². The lowest BCUT2D eigenvalue weighted by Crippen LogP contribution is -2.39. The van der Waals surface area contributed by atoms with Gasteiger partial charge in [-0.2, -0.15) is 5.10 Å². The summed E-state index contributed by atoms with van der Waals surface area (Å²) in [6.45, 7) is 13.0. The molecule has 1 aromatic carbocycles. The lowest BCUT2D eigenvalue weighted by molar-refractivity contribution is 0.321. The molecule has 2 aromatic rings. The number of hydrogen-bond acceptors (Lipinski definition) is 3. The van der Waals surface area contributed by atoms with E-state index in [0.29, 0.717) is 19.7 Å². The third-order valence-corrected chi connectivity index (χ3v) is 4.26. The molecule has 0 aliphatic rings. The van der Waals surface area contributed by atoms with E-state index in [-0.39, 0.29) is 24.0 Å². The first-order chi connectivity index (χ1) is 12.4. The van der Waals surface area contributed by atoms with E-state index in [1.54, 1.807) is 0 Å². The number of rotatable bonds is 7. The second-order valence-electron chi connectivity index (χ2n) is 6.57. The van der Waals surface area contributed by atoms with Crippen LogP contribution in [0.3, 0.4) is 0 Å². The fourth-order valence-electron chi connectivity index (χ4n) is 2.90. The fourth-order valence-corrected chi connectivity index (χ4v) is 2.90. The lowest BCUT2D eigenvalue weighted by atomic mass is 10.1. The van der Waals surface area contributed by atoms with Crippen LogP contribution in [0.15, 0.2) is 23.2 Å². The van der Waals surface area contributed by atoms with Crippen LogP contribution in [0.5, 0.6) is 5.75 Å². The zero-order valence-electron chi connectivity index (χ0n) is 17.2. The molecule has 1 aromatic heterocycles. The molecule has 2 N–H and O–H groups in total. The van der Waals surface area contributed by atoms with Crippen LogP contribution >= 0.6 is 24.0 Å². The minimum Gasteiger partial charge on any atom is -0.492 e. The van der Waals surface area contributed by atoms with E-state index in [1.165, 1.54) is 16.7 Å². The molecule has 7 heteroatoms. The summed E-state index contributed by atoms with van der Waals surface area (Å²) >= 11 is 0. The summed E-state index contributed by atoms with van der Waals surface area (Å²) in [6.07, 6.45) is 0. The Kier molecular flexibility index (Phi) is 9.62. The van der Waals surface area contributed by atoms with Crippen LogP contribution in [0.2, 0.25) is 0 Å². The van der Waals surface area contributed by atoms with Gasteiger partial charge in [0.25, 0.3) is 0 Å². The van der Waals surface area contributed by atoms with Gasteiger partial charge < -0.3 is 15.4 Å². The number of guanidine groups is 1. The van der Waals surface area contributed by atoms with Crippen LogP contribution < -0.4 is 15.4 Å². The van der Waals surface area contributed by atoms with Gasteiger partial charge >= 0.3 is 0 Å². The van der Waals surface area contributed by atoms with Crippen molar-refractivity contribution in [2.75, 3.05) is 19.7 Å². The number of nitrogens with zero attached hydrogens (tertiary/aromatic N) is 3. The summed E-state index contributed by atoms with van der Waals surface area (Å²) in [6, 6.07) is 6.25. The average Bonchev–Trinajstić information content (AvgIpc) is 2.81. The van der Waals surface area contributed by atoms with Crippen LogP contribution in [0.25, 0.3) is 0 Å². The van der Waals surface area contributed by atoms with Crippen LogP contribution in [0.4, 0.5) is 0 Å². The first kappa shape index (κ1) is 23.3. The molecule has 0 amide bonds. The highest BCUT2D eigenvalue weighted by molar-refractivity contribution is 14.0. The summed E-state index contributed by atoms with van der Waals surface area (Å²) in [5.74, 6) is 1.70. The molecule has 2 rings (SSSR count). The third-order valence-electron chi connectivity index (χ3n) is 4.26. The Morgan fingerprint density at radius 3 is 2.33 bits per heavy atom. The molecule has 150 valence electrons.